The van der Waals surface area contributed by atoms with Gasteiger partial charge in [0.2, 0.25) is 5.91 Å². The molecular formula is C18H21N3O3. The SMILES string of the molecule is CC(C)(C)NC(=O)c1cc(NC(=O)Cc2ccc(O)cc2)ccn1. The molecule has 6 heteroatoms. The van der Waals surface area contributed by atoms with Gasteiger partial charge in [-0.15, -0.1) is 0 Å². The van der Waals surface area contributed by atoms with E-state index >= 15 is 0 Å². The Morgan fingerprint density at radius 2 is 1.79 bits per heavy atom. The number of nitrogens with zero attached hydrogens (tertiary/aromatic N) is 1. The second-order valence-corrected chi connectivity index (χ2v) is 6.53. The normalized spacial score (nSPS) is 11.0. The number of amides is 2. The van der Waals surface area contributed by atoms with Crippen molar-refractivity contribution < 1.29 is 14.7 Å². The van der Waals surface area contributed by atoms with E-state index in [1.54, 1.807) is 18.2 Å². The molecule has 3 N–H and O–H groups in total. The minimum atomic E-state index is -0.364. The average molecular weight is 327 g/mol. The summed E-state index contributed by atoms with van der Waals surface area (Å²) in [6.45, 7) is 5.65. The van der Waals surface area contributed by atoms with Crippen LogP contribution in [-0.2, 0) is 11.2 Å². The van der Waals surface area contributed by atoms with Gasteiger partial charge < -0.3 is 15.7 Å². The number of pyridine rings is 1. The molecule has 0 aliphatic rings. The van der Waals surface area contributed by atoms with Gasteiger partial charge in [0.1, 0.15) is 11.4 Å². The summed E-state index contributed by atoms with van der Waals surface area (Å²) < 4.78 is 0. The number of carbonyl (C=O) groups excluding carboxylic acids is 2. The number of phenolic OH excluding ortho intramolecular Hbond substituents is 1. The topological polar surface area (TPSA) is 91.3 Å². The largest absolute Gasteiger partial charge is 0.508 e. The van der Waals surface area contributed by atoms with Crippen LogP contribution < -0.4 is 10.6 Å². The minimum absolute atomic E-state index is 0.155. The molecule has 0 fully saturated rings. The molecule has 0 atom stereocenters. The summed E-state index contributed by atoms with van der Waals surface area (Å²) >= 11 is 0. The Morgan fingerprint density at radius 1 is 1.12 bits per heavy atom. The van der Waals surface area contributed by atoms with Gasteiger partial charge >= 0.3 is 0 Å². The molecule has 2 amide bonds. The van der Waals surface area contributed by atoms with Gasteiger partial charge in [0, 0.05) is 17.4 Å². The number of carbonyl (C=O) groups is 2. The van der Waals surface area contributed by atoms with Crippen LogP contribution in [0.1, 0.15) is 36.8 Å². The van der Waals surface area contributed by atoms with Crippen LogP contribution >= 0.6 is 0 Å². The number of hydrogen-bond acceptors (Lipinski definition) is 4. The zero-order chi connectivity index (χ0) is 17.7. The third kappa shape index (κ3) is 5.39. The van der Waals surface area contributed by atoms with E-state index in [4.69, 9.17) is 0 Å². The molecule has 2 aromatic rings. The van der Waals surface area contributed by atoms with Gasteiger partial charge in [-0.2, -0.15) is 0 Å². The van der Waals surface area contributed by atoms with Gasteiger partial charge in [-0.3, -0.25) is 14.6 Å². The Morgan fingerprint density at radius 3 is 2.42 bits per heavy atom. The van der Waals surface area contributed by atoms with Gasteiger partial charge in [0.25, 0.3) is 5.91 Å². The maximum absolute atomic E-state index is 12.1. The summed E-state index contributed by atoms with van der Waals surface area (Å²) in [6.07, 6.45) is 1.65. The van der Waals surface area contributed by atoms with Gasteiger partial charge in [-0.1, -0.05) is 12.1 Å². The van der Waals surface area contributed by atoms with Crippen molar-refractivity contribution in [2.75, 3.05) is 5.32 Å². The highest BCUT2D eigenvalue weighted by Crippen LogP contribution is 2.13. The average Bonchev–Trinajstić information content (AvgIpc) is 2.48. The Balaban J connectivity index is 2.02. The van der Waals surface area contributed by atoms with Gasteiger partial charge in [-0.25, -0.2) is 0 Å². The van der Waals surface area contributed by atoms with Crippen molar-refractivity contribution in [2.45, 2.75) is 32.7 Å². The predicted molar refractivity (Wildman–Crippen MR) is 91.9 cm³/mol. The molecule has 0 saturated heterocycles. The van der Waals surface area contributed by atoms with E-state index in [-0.39, 0.29) is 35.2 Å². The molecule has 0 radical (unpaired) electrons. The Labute approximate surface area is 140 Å². The van der Waals surface area contributed by atoms with Crippen molar-refractivity contribution in [2.24, 2.45) is 0 Å². The highest BCUT2D eigenvalue weighted by atomic mass is 16.3. The quantitative estimate of drug-likeness (QED) is 0.804. The summed E-state index contributed by atoms with van der Waals surface area (Å²) in [4.78, 5) is 28.2. The van der Waals surface area contributed by atoms with Crippen LogP contribution in [-0.4, -0.2) is 27.4 Å². The lowest BCUT2D eigenvalue weighted by Gasteiger charge is -2.20. The minimum Gasteiger partial charge on any atom is -0.508 e. The van der Waals surface area contributed by atoms with Crippen LogP contribution in [0.5, 0.6) is 5.75 Å². The fourth-order valence-corrected chi connectivity index (χ4v) is 2.04. The second-order valence-electron chi connectivity index (χ2n) is 6.53. The standard InChI is InChI=1S/C18H21N3O3/c1-18(2,3)21-17(24)15-11-13(8-9-19-15)20-16(23)10-12-4-6-14(22)7-5-12/h4-9,11,22H,10H2,1-3H3,(H,21,24)(H,19,20,23). The first-order valence-electron chi connectivity index (χ1n) is 7.59. The number of rotatable bonds is 4. The molecule has 24 heavy (non-hydrogen) atoms. The van der Waals surface area contributed by atoms with Crippen molar-refractivity contribution in [1.29, 1.82) is 0 Å². The first kappa shape index (κ1) is 17.5. The summed E-state index contributed by atoms with van der Waals surface area (Å²) in [5, 5.41) is 14.8. The van der Waals surface area contributed by atoms with Gasteiger partial charge in [0.15, 0.2) is 0 Å². The maximum atomic E-state index is 12.1. The molecule has 0 aliphatic heterocycles. The monoisotopic (exact) mass is 327 g/mol. The van der Waals surface area contributed by atoms with E-state index in [2.05, 4.69) is 15.6 Å². The van der Waals surface area contributed by atoms with E-state index in [1.165, 1.54) is 24.4 Å². The molecule has 0 saturated carbocycles. The summed E-state index contributed by atoms with van der Waals surface area (Å²) in [5.74, 6) is -0.353. The molecule has 0 spiro atoms. The van der Waals surface area contributed by atoms with Crippen LogP contribution in [0.25, 0.3) is 0 Å². The number of aromatic hydroxyl groups is 1. The highest BCUT2D eigenvalue weighted by Gasteiger charge is 2.16. The number of anilines is 1. The zero-order valence-electron chi connectivity index (χ0n) is 14.0. The van der Waals surface area contributed by atoms with Crippen molar-refractivity contribution in [3.8, 4) is 5.75 Å². The molecular weight excluding hydrogens is 306 g/mol. The van der Waals surface area contributed by atoms with Crippen LogP contribution in [0, 0.1) is 0 Å². The molecule has 1 heterocycles. The lowest BCUT2D eigenvalue weighted by molar-refractivity contribution is -0.115. The molecule has 1 aromatic heterocycles. The second kappa shape index (κ2) is 7.12. The van der Waals surface area contributed by atoms with Crippen molar-refractivity contribution in [3.05, 3.63) is 53.9 Å². The van der Waals surface area contributed by atoms with Gasteiger partial charge in [0.05, 0.1) is 6.42 Å². The van der Waals surface area contributed by atoms with Crippen molar-refractivity contribution in [3.63, 3.8) is 0 Å². The van der Waals surface area contributed by atoms with Crippen LogP contribution in [0.4, 0.5) is 5.69 Å². The first-order valence-corrected chi connectivity index (χ1v) is 7.59. The van der Waals surface area contributed by atoms with Gasteiger partial charge in [-0.05, 0) is 50.6 Å². The zero-order valence-corrected chi connectivity index (χ0v) is 14.0. The van der Waals surface area contributed by atoms with Crippen LogP contribution in [0.3, 0.4) is 0 Å². The number of phenols is 1. The number of benzene rings is 1. The molecule has 1 aromatic carbocycles. The molecule has 2 rings (SSSR count). The van der Waals surface area contributed by atoms with E-state index in [1.807, 2.05) is 20.8 Å². The van der Waals surface area contributed by atoms with E-state index in [9.17, 15) is 14.7 Å². The van der Waals surface area contributed by atoms with Crippen LogP contribution in [0.15, 0.2) is 42.6 Å². The van der Waals surface area contributed by atoms with Crippen molar-refractivity contribution in [1.82, 2.24) is 10.3 Å². The Kier molecular flexibility index (Phi) is 5.18. The molecule has 126 valence electrons. The van der Waals surface area contributed by atoms with Crippen LogP contribution in [0.2, 0.25) is 0 Å². The highest BCUT2D eigenvalue weighted by molar-refractivity contribution is 5.96. The van der Waals surface area contributed by atoms with E-state index in [0.717, 1.165) is 5.56 Å². The van der Waals surface area contributed by atoms with E-state index < -0.39 is 0 Å². The molecule has 0 bridgehead atoms. The lowest BCUT2D eigenvalue weighted by atomic mass is 10.1. The lowest BCUT2D eigenvalue weighted by Crippen LogP contribution is -2.40. The third-order valence-corrected chi connectivity index (χ3v) is 3.07. The molecule has 0 aliphatic carbocycles. The Hall–Kier alpha value is -2.89. The fraction of sp³-hybridized carbons (Fsp3) is 0.278. The predicted octanol–water partition coefficient (Wildman–Crippen LogP) is 2.50. The summed E-state index contributed by atoms with van der Waals surface area (Å²) in [7, 11) is 0. The number of aromatic nitrogens is 1. The Bertz CT molecular complexity index is 734. The third-order valence-electron chi connectivity index (χ3n) is 3.07. The van der Waals surface area contributed by atoms with Crippen molar-refractivity contribution >= 4 is 17.5 Å². The maximum Gasteiger partial charge on any atom is 0.270 e. The summed E-state index contributed by atoms with van der Waals surface area (Å²) in [6, 6.07) is 9.60. The molecule has 0 unspecified atom stereocenters. The number of hydrogen-bond donors (Lipinski definition) is 3. The van der Waals surface area contributed by atoms with E-state index in [0.29, 0.717) is 5.69 Å². The smallest absolute Gasteiger partial charge is 0.270 e. The summed E-state index contributed by atoms with van der Waals surface area (Å²) in [5.41, 5.74) is 1.17. The molecule has 6 nitrogen and oxygen atoms in total. The number of nitrogens with one attached hydrogen (secondary N) is 2. The first-order chi connectivity index (χ1) is 11.2. The fourth-order valence-electron chi connectivity index (χ4n) is 2.04.